The predicted molar refractivity (Wildman–Crippen MR) is 123 cm³/mol. The zero-order valence-electron chi connectivity index (χ0n) is 18.9. The van der Waals surface area contributed by atoms with Crippen molar-refractivity contribution in [1.29, 1.82) is 0 Å². The largest absolute Gasteiger partial charge is 0.497 e. The van der Waals surface area contributed by atoms with Crippen LogP contribution in [0, 0.1) is 5.92 Å². The van der Waals surface area contributed by atoms with E-state index in [9.17, 15) is 13.2 Å². The fourth-order valence-corrected chi connectivity index (χ4v) is 6.12. The van der Waals surface area contributed by atoms with Crippen molar-refractivity contribution < 1.29 is 22.7 Å². The number of ether oxygens (including phenoxy) is 2. The van der Waals surface area contributed by atoms with Crippen LogP contribution in [-0.2, 0) is 25.0 Å². The van der Waals surface area contributed by atoms with E-state index in [1.807, 2.05) is 12.1 Å². The Morgan fingerprint density at radius 1 is 1.18 bits per heavy atom. The molecule has 8 nitrogen and oxygen atoms in total. The summed E-state index contributed by atoms with van der Waals surface area (Å²) in [5.74, 6) is 0.601. The van der Waals surface area contributed by atoms with Gasteiger partial charge in [-0.25, -0.2) is 8.42 Å². The minimum Gasteiger partial charge on any atom is -0.497 e. The second-order valence-electron chi connectivity index (χ2n) is 8.71. The summed E-state index contributed by atoms with van der Waals surface area (Å²) in [4.78, 5) is 17.1. The Kier molecular flexibility index (Phi) is 7.31. The van der Waals surface area contributed by atoms with E-state index in [4.69, 9.17) is 9.47 Å². The summed E-state index contributed by atoms with van der Waals surface area (Å²) in [7, 11) is -1.93. The highest BCUT2D eigenvalue weighted by atomic mass is 32.2. The van der Waals surface area contributed by atoms with Crippen molar-refractivity contribution in [3.63, 3.8) is 0 Å². The molecule has 2 aliphatic heterocycles. The molecule has 0 unspecified atom stereocenters. The van der Waals surface area contributed by atoms with Crippen molar-refractivity contribution in [1.82, 2.24) is 14.6 Å². The van der Waals surface area contributed by atoms with Crippen molar-refractivity contribution in [2.75, 3.05) is 40.0 Å². The van der Waals surface area contributed by atoms with Gasteiger partial charge in [0.05, 0.1) is 7.11 Å². The number of methoxy groups -OCH3 is 1. The van der Waals surface area contributed by atoms with E-state index in [-0.39, 0.29) is 22.1 Å². The number of piperidine rings is 1. The molecule has 9 heteroatoms. The number of nitrogens with zero attached hydrogens (tertiary/aromatic N) is 2. The number of hydrogen-bond donors (Lipinski definition) is 1. The van der Waals surface area contributed by atoms with Crippen LogP contribution in [0.15, 0.2) is 53.7 Å². The Morgan fingerprint density at radius 3 is 2.48 bits per heavy atom. The van der Waals surface area contributed by atoms with E-state index in [2.05, 4.69) is 22.4 Å². The number of benzene rings is 1. The SMILES string of the molecule is COc1ccc(C2(CNC(=O)C3CCN(S(=O)(=O)c4cccnc4)CC3)CCOCC2)cc1. The molecule has 2 aromatic rings. The molecule has 3 heterocycles. The maximum atomic E-state index is 13.0. The molecule has 1 aromatic carbocycles. The van der Waals surface area contributed by atoms with Crippen LogP contribution < -0.4 is 10.1 Å². The number of amides is 1. The van der Waals surface area contributed by atoms with Gasteiger partial charge in [0.2, 0.25) is 15.9 Å². The molecular formula is C24H31N3O5S. The first-order valence-electron chi connectivity index (χ1n) is 11.3. The Hall–Kier alpha value is -2.49. The van der Waals surface area contributed by atoms with Gasteiger partial charge in [0.25, 0.3) is 0 Å². The molecule has 2 aliphatic rings. The molecule has 1 amide bonds. The maximum Gasteiger partial charge on any atom is 0.244 e. The van der Waals surface area contributed by atoms with Gasteiger partial charge < -0.3 is 14.8 Å². The second-order valence-corrected chi connectivity index (χ2v) is 10.6. The van der Waals surface area contributed by atoms with E-state index in [1.165, 1.54) is 16.1 Å². The number of hydrogen-bond acceptors (Lipinski definition) is 6. The third kappa shape index (κ3) is 5.20. The summed E-state index contributed by atoms with van der Waals surface area (Å²) >= 11 is 0. The van der Waals surface area contributed by atoms with E-state index in [1.54, 1.807) is 25.4 Å². The van der Waals surface area contributed by atoms with Crippen LogP contribution in [0.1, 0.15) is 31.2 Å². The van der Waals surface area contributed by atoms with Gasteiger partial charge in [-0.1, -0.05) is 12.1 Å². The molecule has 0 saturated carbocycles. The van der Waals surface area contributed by atoms with Gasteiger partial charge in [0.15, 0.2) is 0 Å². The first kappa shape index (κ1) is 23.7. The van der Waals surface area contributed by atoms with Crippen LogP contribution in [0.25, 0.3) is 0 Å². The lowest BCUT2D eigenvalue weighted by atomic mass is 9.74. The zero-order valence-corrected chi connectivity index (χ0v) is 19.7. The van der Waals surface area contributed by atoms with E-state index in [0.29, 0.717) is 45.7 Å². The summed E-state index contributed by atoms with van der Waals surface area (Å²) < 4.78 is 37.9. The first-order valence-corrected chi connectivity index (χ1v) is 12.8. The number of aromatic nitrogens is 1. The van der Waals surface area contributed by atoms with E-state index in [0.717, 1.165) is 18.6 Å². The van der Waals surface area contributed by atoms with Gasteiger partial charge in [-0.05, 0) is 55.5 Å². The maximum absolute atomic E-state index is 13.0. The zero-order chi connectivity index (χ0) is 23.3. The molecule has 1 N–H and O–H groups in total. The molecule has 0 atom stereocenters. The average molecular weight is 474 g/mol. The molecule has 2 saturated heterocycles. The number of carbonyl (C=O) groups excluding carboxylic acids is 1. The van der Waals surface area contributed by atoms with Crippen LogP contribution in [0.5, 0.6) is 5.75 Å². The summed E-state index contributed by atoms with van der Waals surface area (Å²) in [5, 5.41) is 3.17. The smallest absolute Gasteiger partial charge is 0.244 e. The molecule has 178 valence electrons. The lowest BCUT2D eigenvalue weighted by Crippen LogP contribution is -2.48. The Balaban J connectivity index is 1.37. The molecule has 0 spiro atoms. The molecule has 4 rings (SSSR count). The highest BCUT2D eigenvalue weighted by Crippen LogP contribution is 2.35. The lowest BCUT2D eigenvalue weighted by Gasteiger charge is -2.38. The number of nitrogens with one attached hydrogen (secondary N) is 1. The monoisotopic (exact) mass is 473 g/mol. The summed E-state index contributed by atoms with van der Waals surface area (Å²) in [6.45, 7) is 2.51. The van der Waals surface area contributed by atoms with Gasteiger partial charge >= 0.3 is 0 Å². The van der Waals surface area contributed by atoms with Crippen molar-refractivity contribution >= 4 is 15.9 Å². The molecule has 1 aromatic heterocycles. The average Bonchev–Trinajstić information content (AvgIpc) is 2.88. The molecular weight excluding hydrogens is 442 g/mol. The van der Waals surface area contributed by atoms with Crippen LogP contribution in [0.4, 0.5) is 0 Å². The summed E-state index contributed by atoms with van der Waals surface area (Å²) in [6, 6.07) is 11.2. The quantitative estimate of drug-likeness (QED) is 0.663. The molecule has 0 radical (unpaired) electrons. The molecule has 2 fully saturated rings. The Morgan fingerprint density at radius 2 is 1.88 bits per heavy atom. The van der Waals surface area contributed by atoms with Crippen LogP contribution >= 0.6 is 0 Å². The lowest BCUT2D eigenvalue weighted by molar-refractivity contribution is -0.126. The topological polar surface area (TPSA) is 97.8 Å². The predicted octanol–water partition coefficient (Wildman–Crippen LogP) is 2.36. The van der Waals surface area contributed by atoms with Crippen molar-refractivity contribution in [2.45, 2.75) is 36.0 Å². The van der Waals surface area contributed by atoms with E-state index >= 15 is 0 Å². The highest BCUT2D eigenvalue weighted by molar-refractivity contribution is 7.89. The van der Waals surface area contributed by atoms with Gasteiger partial charge in [-0.2, -0.15) is 4.31 Å². The molecule has 33 heavy (non-hydrogen) atoms. The van der Waals surface area contributed by atoms with Crippen molar-refractivity contribution in [3.8, 4) is 5.75 Å². The first-order chi connectivity index (χ1) is 15.9. The van der Waals surface area contributed by atoms with Crippen molar-refractivity contribution in [2.24, 2.45) is 5.92 Å². The standard InChI is InChI=1S/C24H31N3O5S/c1-31-21-6-4-20(5-7-21)24(10-15-32-16-11-24)18-26-23(28)19-8-13-27(14-9-19)33(29,30)22-3-2-12-25-17-22/h2-7,12,17,19H,8-11,13-16,18H2,1H3,(H,26,28). The third-order valence-electron chi connectivity index (χ3n) is 6.85. The summed E-state index contributed by atoms with van der Waals surface area (Å²) in [6.07, 6.45) is 5.59. The van der Waals surface area contributed by atoms with Crippen LogP contribution in [0.3, 0.4) is 0 Å². The number of sulfonamides is 1. The number of pyridine rings is 1. The van der Waals surface area contributed by atoms with Gasteiger partial charge in [-0.15, -0.1) is 0 Å². The van der Waals surface area contributed by atoms with Gasteiger partial charge in [-0.3, -0.25) is 9.78 Å². The van der Waals surface area contributed by atoms with Crippen LogP contribution in [0.2, 0.25) is 0 Å². The Bertz CT molecular complexity index is 1030. The highest BCUT2D eigenvalue weighted by Gasteiger charge is 2.37. The summed E-state index contributed by atoms with van der Waals surface area (Å²) in [5.41, 5.74) is 0.995. The number of rotatable bonds is 7. The van der Waals surface area contributed by atoms with Gasteiger partial charge in [0, 0.05) is 56.6 Å². The van der Waals surface area contributed by atoms with E-state index < -0.39 is 10.0 Å². The molecule has 0 aliphatic carbocycles. The minimum absolute atomic E-state index is 0.00666. The van der Waals surface area contributed by atoms with Crippen molar-refractivity contribution in [3.05, 3.63) is 54.4 Å². The normalized spacial score (nSPS) is 19.7. The Labute approximate surface area is 195 Å². The fourth-order valence-electron chi connectivity index (χ4n) is 4.68. The van der Waals surface area contributed by atoms with Gasteiger partial charge in [0.1, 0.15) is 10.6 Å². The third-order valence-corrected chi connectivity index (χ3v) is 8.73. The van der Waals surface area contributed by atoms with Crippen LogP contribution in [-0.4, -0.2) is 63.6 Å². The fraction of sp³-hybridized carbons (Fsp3) is 0.500. The minimum atomic E-state index is -3.58. The number of carbonyl (C=O) groups is 1. The second kappa shape index (κ2) is 10.2. The molecule has 0 bridgehead atoms.